The highest BCUT2D eigenvalue weighted by molar-refractivity contribution is 7.13. The fourth-order valence-electron chi connectivity index (χ4n) is 2.69. The van der Waals surface area contributed by atoms with E-state index in [-0.39, 0.29) is 17.2 Å². The Labute approximate surface area is 153 Å². The van der Waals surface area contributed by atoms with Crippen molar-refractivity contribution in [3.05, 3.63) is 51.2 Å². The van der Waals surface area contributed by atoms with E-state index in [4.69, 9.17) is 14.3 Å². The van der Waals surface area contributed by atoms with Crippen LogP contribution in [-0.4, -0.2) is 29.1 Å². The lowest BCUT2D eigenvalue weighted by Crippen LogP contribution is -2.27. The molecular weight excluding hydrogens is 356 g/mol. The number of aryl methyl sites for hydroxylation is 1. The Morgan fingerprint density at radius 1 is 1.38 bits per heavy atom. The number of aromatic carboxylic acids is 1. The van der Waals surface area contributed by atoms with Gasteiger partial charge >= 0.3 is 5.97 Å². The average molecular weight is 374 g/mol. The topological polar surface area (TPSA) is 102 Å². The van der Waals surface area contributed by atoms with Crippen molar-refractivity contribution in [1.82, 2.24) is 10.3 Å². The second kappa shape index (κ2) is 7.27. The summed E-state index contributed by atoms with van der Waals surface area (Å²) in [6, 6.07) is 6.91. The van der Waals surface area contributed by atoms with Crippen molar-refractivity contribution < 1.29 is 23.8 Å². The lowest BCUT2D eigenvalue weighted by molar-refractivity contribution is 0.0700. The number of aromatic nitrogens is 1. The van der Waals surface area contributed by atoms with Crippen molar-refractivity contribution in [2.24, 2.45) is 0 Å². The molecule has 3 aromatic rings. The third-order valence-electron chi connectivity index (χ3n) is 3.92. The molecule has 1 unspecified atom stereocenters. The maximum absolute atomic E-state index is 12.7. The Kier molecular flexibility index (Phi) is 5.06. The van der Waals surface area contributed by atoms with E-state index in [9.17, 15) is 9.59 Å². The summed E-state index contributed by atoms with van der Waals surface area (Å²) >= 11 is 1.05. The summed E-state index contributed by atoms with van der Waals surface area (Å²) in [6.45, 7) is 3.63. The Bertz CT molecular complexity index is 975. The van der Waals surface area contributed by atoms with Crippen molar-refractivity contribution in [1.29, 1.82) is 0 Å². The number of carboxylic acids is 1. The van der Waals surface area contributed by atoms with E-state index in [1.54, 1.807) is 27.0 Å². The number of benzene rings is 1. The van der Waals surface area contributed by atoms with Crippen LogP contribution in [0.15, 0.2) is 28.7 Å². The lowest BCUT2D eigenvalue weighted by atomic mass is 10.1. The zero-order valence-electron chi connectivity index (χ0n) is 14.5. The highest BCUT2D eigenvalue weighted by Gasteiger charge is 2.24. The SMILES string of the molecule is COCc1c(C(=O)NC(C)c2nc(C)c(C(=O)O)s2)oc2ccccc12. The number of hydrogen-bond acceptors (Lipinski definition) is 6. The van der Waals surface area contributed by atoms with Crippen LogP contribution in [0.25, 0.3) is 11.0 Å². The molecule has 0 spiro atoms. The summed E-state index contributed by atoms with van der Waals surface area (Å²) in [4.78, 5) is 28.3. The molecule has 1 amide bonds. The van der Waals surface area contributed by atoms with Gasteiger partial charge in [-0.05, 0) is 19.9 Å². The van der Waals surface area contributed by atoms with Crippen LogP contribution in [0.4, 0.5) is 0 Å². The van der Waals surface area contributed by atoms with Gasteiger partial charge in [-0.3, -0.25) is 4.79 Å². The smallest absolute Gasteiger partial charge is 0.347 e. The molecule has 1 atom stereocenters. The molecule has 0 fully saturated rings. The maximum atomic E-state index is 12.7. The van der Waals surface area contributed by atoms with Gasteiger partial charge in [0.15, 0.2) is 5.76 Å². The molecular formula is C18H18N2O5S. The van der Waals surface area contributed by atoms with Crippen LogP contribution in [-0.2, 0) is 11.3 Å². The quantitative estimate of drug-likeness (QED) is 0.684. The van der Waals surface area contributed by atoms with Gasteiger partial charge in [0.05, 0.1) is 18.3 Å². The van der Waals surface area contributed by atoms with Gasteiger partial charge in [0.2, 0.25) is 0 Å². The van der Waals surface area contributed by atoms with Gasteiger partial charge in [0, 0.05) is 18.1 Å². The van der Waals surface area contributed by atoms with E-state index >= 15 is 0 Å². The average Bonchev–Trinajstić information content (AvgIpc) is 3.17. The number of rotatable bonds is 6. The summed E-state index contributed by atoms with van der Waals surface area (Å²) < 4.78 is 10.9. The van der Waals surface area contributed by atoms with Gasteiger partial charge in [-0.25, -0.2) is 9.78 Å². The molecule has 0 aliphatic heterocycles. The number of hydrogen-bond donors (Lipinski definition) is 2. The minimum atomic E-state index is -1.02. The number of carbonyl (C=O) groups excluding carboxylic acids is 1. The van der Waals surface area contributed by atoms with Crippen LogP contribution in [0.2, 0.25) is 0 Å². The van der Waals surface area contributed by atoms with Crippen LogP contribution >= 0.6 is 11.3 Å². The number of amides is 1. The first kappa shape index (κ1) is 18.1. The number of carboxylic acid groups (broad SMARTS) is 1. The van der Waals surface area contributed by atoms with E-state index < -0.39 is 17.9 Å². The zero-order valence-corrected chi connectivity index (χ0v) is 15.3. The number of furan rings is 1. The predicted molar refractivity (Wildman–Crippen MR) is 96.6 cm³/mol. The molecule has 136 valence electrons. The lowest BCUT2D eigenvalue weighted by Gasteiger charge is -2.10. The molecule has 3 rings (SSSR count). The fraction of sp³-hybridized carbons (Fsp3) is 0.278. The summed E-state index contributed by atoms with van der Waals surface area (Å²) in [5.41, 5.74) is 1.72. The third-order valence-corrected chi connectivity index (χ3v) is 5.25. The van der Waals surface area contributed by atoms with Gasteiger partial charge in [-0.2, -0.15) is 0 Å². The van der Waals surface area contributed by atoms with Gasteiger partial charge in [0.1, 0.15) is 15.5 Å². The number of thiazole rings is 1. The van der Waals surface area contributed by atoms with Crippen molar-refractivity contribution in [2.45, 2.75) is 26.5 Å². The molecule has 0 aliphatic carbocycles. The molecule has 0 bridgehead atoms. The monoisotopic (exact) mass is 374 g/mol. The summed E-state index contributed by atoms with van der Waals surface area (Å²) in [5.74, 6) is -1.23. The van der Waals surface area contributed by atoms with Crippen LogP contribution in [0, 0.1) is 6.92 Å². The van der Waals surface area contributed by atoms with Gasteiger partial charge < -0.3 is 19.6 Å². The third kappa shape index (κ3) is 3.33. The number of methoxy groups -OCH3 is 1. The molecule has 2 N–H and O–H groups in total. The molecule has 1 aromatic carbocycles. The van der Waals surface area contributed by atoms with Crippen molar-refractivity contribution >= 4 is 34.2 Å². The second-order valence-electron chi connectivity index (χ2n) is 5.81. The standard InChI is InChI=1S/C18H18N2O5S/c1-9-15(18(22)23)26-17(20-9)10(2)19-16(21)14-12(8-24-3)11-6-4-5-7-13(11)25-14/h4-7,10H,8H2,1-3H3,(H,19,21)(H,22,23). The first-order chi connectivity index (χ1) is 12.4. The fourth-order valence-corrected chi connectivity index (χ4v) is 3.60. The minimum absolute atomic E-state index is 0.171. The largest absolute Gasteiger partial charge is 0.477 e. The minimum Gasteiger partial charge on any atom is -0.477 e. The maximum Gasteiger partial charge on any atom is 0.347 e. The predicted octanol–water partition coefficient (Wildman–Crippen LogP) is 3.53. The number of carbonyl (C=O) groups is 2. The molecule has 2 aromatic heterocycles. The van der Waals surface area contributed by atoms with E-state index in [1.165, 1.54) is 0 Å². The van der Waals surface area contributed by atoms with Gasteiger partial charge in [-0.15, -0.1) is 11.3 Å². The van der Waals surface area contributed by atoms with Crippen LogP contribution < -0.4 is 5.32 Å². The highest BCUT2D eigenvalue weighted by atomic mass is 32.1. The first-order valence-corrected chi connectivity index (χ1v) is 8.74. The molecule has 0 aliphatic rings. The number of para-hydroxylation sites is 1. The number of ether oxygens (including phenoxy) is 1. The number of nitrogens with one attached hydrogen (secondary N) is 1. The number of nitrogens with zero attached hydrogens (tertiary/aromatic N) is 1. The van der Waals surface area contributed by atoms with Gasteiger partial charge in [0.25, 0.3) is 5.91 Å². The molecule has 7 nitrogen and oxygen atoms in total. The molecule has 2 heterocycles. The Morgan fingerprint density at radius 3 is 2.77 bits per heavy atom. The van der Waals surface area contributed by atoms with Crippen molar-refractivity contribution in [3.8, 4) is 0 Å². The second-order valence-corrected chi connectivity index (χ2v) is 6.84. The first-order valence-electron chi connectivity index (χ1n) is 7.93. The number of fused-ring (bicyclic) bond motifs is 1. The molecule has 0 saturated heterocycles. The van der Waals surface area contributed by atoms with E-state index in [1.807, 2.05) is 18.2 Å². The summed E-state index contributed by atoms with van der Waals surface area (Å²) in [5, 5.41) is 13.3. The van der Waals surface area contributed by atoms with Gasteiger partial charge in [-0.1, -0.05) is 18.2 Å². The molecule has 0 radical (unpaired) electrons. The van der Waals surface area contributed by atoms with E-state index in [0.29, 0.717) is 21.8 Å². The summed E-state index contributed by atoms with van der Waals surface area (Å²) in [6.07, 6.45) is 0. The van der Waals surface area contributed by atoms with Crippen molar-refractivity contribution in [3.63, 3.8) is 0 Å². The van der Waals surface area contributed by atoms with E-state index in [2.05, 4.69) is 10.3 Å². The van der Waals surface area contributed by atoms with E-state index in [0.717, 1.165) is 16.7 Å². The molecule has 0 saturated carbocycles. The Hall–Kier alpha value is -2.71. The molecule has 26 heavy (non-hydrogen) atoms. The Balaban J connectivity index is 1.88. The van der Waals surface area contributed by atoms with Crippen molar-refractivity contribution in [2.75, 3.05) is 7.11 Å². The van der Waals surface area contributed by atoms with Crippen LogP contribution in [0.5, 0.6) is 0 Å². The highest BCUT2D eigenvalue weighted by Crippen LogP contribution is 2.28. The summed E-state index contributed by atoms with van der Waals surface area (Å²) in [7, 11) is 1.55. The normalized spacial score (nSPS) is 12.3. The molecule has 8 heteroatoms. The zero-order chi connectivity index (χ0) is 18.8. The Morgan fingerprint density at radius 2 is 2.12 bits per heavy atom. The van der Waals surface area contributed by atoms with Crippen LogP contribution in [0.1, 0.15) is 49.5 Å². The van der Waals surface area contributed by atoms with Crippen LogP contribution in [0.3, 0.4) is 0 Å².